The zero-order valence-electron chi connectivity index (χ0n) is 11.9. The fourth-order valence-corrected chi connectivity index (χ4v) is 2.96. The largest absolute Gasteiger partial charge is 0.487 e. The Bertz CT molecular complexity index is 367. The molecule has 1 unspecified atom stereocenters. The van der Waals surface area contributed by atoms with Gasteiger partial charge in [0.05, 0.1) is 6.61 Å². The Morgan fingerprint density at radius 2 is 2.06 bits per heavy atom. The van der Waals surface area contributed by atoms with Crippen LogP contribution in [0.25, 0.3) is 0 Å². The molecular formula is C12H24N4OS. The van der Waals surface area contributed by atoms with Gasteiger partial charge in [-0.15, -0.1) is 0 Å². The van der Waals surface area contributed by atoms with E-state index < -0.39 is 0 Å². The van der Waals surface area contributed by atoms with Crippen molar-refractivity contribution in [3.63, 3.8) is 0 Å². The summed E-state index contributed by atoms with van der Waals surface area (Å²) >= 11 is 1.41. The number of hydrogen-bond donors (Lipinski definition) is 1. The van der Waals surface area contributed by atoms with Crippen molar-refractivity contribution < 1.29 is 4.74 Å². The van der Waals surface area contributed by atoms with Gasteiger partial charge in [-0.2, -0.15) is 4.37 Å². The Morgan fingerprint density at radius 3 is 2.56 bits per heavy atom. The van der Waals surface area contributed by atoms with Gasteiger partial charge >= 0.3 is 0 Å². The molecule has 0 saturated heterocycles. The van der Waals surface area contributed by atoms with Gasteiger partial charge in [-0.1, -0.05) is 0 Å². The van der Waals surface area contributed by atoms with Gasteiger partial charge in [0.15, 0.2) is 16.6 Å². The minimum absolute atomic E-state index is 0.393. The van der Waals surface area contributed by atoms with Crippen LogP contribution in [0.4, 0.5) is 10.8 Å². The molecule has 0 aliphatic heterocycles. The number of aromatic nitrogens is 1. The summed E-state index contributed by atoms with van der Waals surface area (Å²) in [7, 11) is 4.16. The smallest absolute Gasteiger partial charge is 0.197 e. The average molecular weight is 272 g/mol. The first-order valence-corrected chi connectivity index (χ1v) is 7.07. The van der Waals surface area contributed by atoms with E-state index in [1.54, 1.807) is 0 Å². The predicted octanol–water partition coefficient (Wildman–Crippen LogP) is 1.90. The van der Waals surface area contributed by atoms with E-state index in [1.807, 2.05) is 6.92 Å². The zero-order chi connectivity index (χ0) is 13.7. The van der Waals surface area contributed by atoms with Crippen molar-refractivity contribution in [1.82, 2.24) is 9.27 Å². The molecule has 104 valence electrons. The molecule has 2 N–H and O–H groups in total. The fraction of sp³-hybridized carbons (Fsp3) is 0.750. The molecular weight excluding hydrogens is 248 g/mol. The van der Waals surface area contributed by atoms with Crippen molar-refractivity contribution in [2.45, 2.75) is 26.8 Å². The van der Waals surface area contributed by atoms with E-state index in [0.29, 0.717) is 18.5 Å². The number of anilines is 2. The number of rotatable bonds is 7. The summed E-state index contributed by atoms with van der Waals surface area (Å²) in [6.07, 6.45) is 0. The van der Waals surface area contributed by atoms with Crippen LogP contribution in [-0.2, 0) is 0 Å². The Morgan fingerprint density at radius 1 is 1.39 bits per heavy atom. The van der Waals surface area contributed by atoms with Crippen LogP contribution in [-0.4, -0.2) is 49.1 Å². The maximum Gasteiger partial charge on any atom is 0.197 e. The highest BCUT2D eigenvalue weighted by molar-refractivity contribution is 7.11. The van der Waals surface area contributed by atoms with Crippen molar-refractivity contribution in [2.24, 2.45) is 0 Å². The molecule has 1 aromatic heterocycles. The quantitative estimate of drug-likeness (QED) is 0.821. The van der Waals surface area contributed by atoms with Crippen LogP contribution in [0.2, 0.25) is 0 Å². The molecule has 1 atom stereocenters. The van der Waals surface area contributed by atoms with Gasteiger partial charge in [0.1, 0.15) is 0 Å². The summed E-state index contributed by atoms with van der Waals surface area (Å²) in [5.41, 5.74) is 5.86. The van der Waals surface area contributed by atoms with E-state index >= 15 is 0 Å². The Hall–Kier alpha value is -1.01. The highest BCUT2D eigenvalue weighted by atomic mass is 32.1. The number of ether oxygens (including phenoxy) is 1. The summed E-state index contributed by atoms with van der Waals surface area (Å²) in [6, 6.07) is 0.393. The number of likely N-dealkylation sites (N-methyl/N-ethyl adjacent to an activating group) is 2. The highest BCUT2D eigenvalue weighted by Crippen LogP contribution is 2.39. The lowest BCUT2D eigenvalue weighted by Gasteiger charge is -2.31. The molecule has 0 bridgehead atoms. The third kappa shape index (κ3) is 3.49. The maximum absolute atomic E-state index is 5.86. The molecule has 0 spiro atoms. The molecule has 1 heterocycles. The van der Waals surface area contributed by atoms with E-state index in [0.717, 1.165) is 23.8 Å². The summed E-state index contributed by atoms with van der Waals surface area (Å²) in [5, 5.41) is 1.03. The second-order valence-corrected chi connectivity index (χ2v) is 5.28. The van der Waals surface area contributed by atoms with Gasteiger partial charge in [0.2, 0.25) is 0 Å². The molecule has 6 heteroatoms. The number of nitrogen functional groups attached to an aromatic ring is 1. The predicted molar refractivity (Wildman–Crippen MR) is 78.7 cm³/mol. The van der Waals surface area contributed by atoms with Crippen LogP contribution in [0.15, 0.2) is 0 Å². The second-order valence-electron chi connectivity index (χ2n) is 4.53. The van der Waals surface area contributed by atoms with Crippen molar-refractivity contribution in [3.05, 3.63) is 0 Å². The summed E-state index contributed by atoms with van der Waals surface area (Å²) in [4.78, 5) is 4.47. The number of nitrogens with two attached hydrogens (primary N) is 1. The van der Waals surface area contributed by atoms with E-state index in [-0.39, 0.29) is 0 Å². The minimum atomic E-state index is 0.393. The molecule has 5 nitrogen and oxygen atoms in total. The van der Waals surface area contributed by atoms with Crippen LogP contribution in [0.5, 0.6) is 5.75 Å². The second kappa shape index (κ2) is 6.80. The van der Waals surface area contributed by atoms with E-state index in [4.69, 9.17) is 10.5 Å². The topological polar surface area (TPSA) is 54.6 Å². The molecule has 18 heavy (non-hydrogen) atoms. The van der Waals surface area contributed by atoms with Crippen molar-refractivity contribution >= 4 is 22.4 Å². The van der Waals surface area contributed by atoms with Crippen molar-refractivity contribution in [1.29, 1.82) is 0 Å². The highest BCUT2D eigenvalue weighted by Gasteiger charge is 2.22. The summed E-state index contributed by atoms with van der Waals surface area (Å²) < 4.78 is 9.82. The van der Waals surface area contributed by atoms with E-state index in [2.05, 4.69) is 42.1 Å². The van der Waals surface area contributed by atoms with Gasteiger partial charge < -0.3 is 20.3 Å². The van der Waals surface area contributed by atoms with Crippen LogP contribution in [0.3, 0.4) is 0 Å². The van der Waals surface area contributed by atoms with Crippen molar-refractivity contribution in [3.8, 4) is 5.75 Å². The SMILES string of the molecule is CCOc1c(N)nsc1N(CC)C(C)CN(C)C. The van der Waals surface area contributed by atoms with Crippen LogP contribution >= 0.6 is 11.5 Å². The third-order valence-electron chi connectivity index (χ3n) is 2.71. The fourth-order valence-electron chi connectivity index (χ4n) is 2.03. The maximum atomic E-state index is 5.86. The molecule has 0 aliphatic rings. The Labute approximate surface area is 114 Å². The van der Waals surface area contributed by atoms with Crippen LogP contribution < -0.4 is 15.4 Å². The Kier molecular flexibility index (Phi) is 5.68. The van der Waals surface area contributed by atoms with Crippen LogP contribution in [0.1, 0.15) is 20.8 Å². The normalized spacial score (nSPS) is 12.8. The van der Waals surface area contributed by atoms with Crippen LogP contribution in [0, 0.1) is 0 Å². The first-order valence-electron chi connectivity index (χ1n) is 6.30. The molecule has 0 radical (unpaired) electrons. The van der Waals surface area contributed by atoms with Crippen molar-refractivity contribution in [2.75, 3.05) is 44.4 Å². The van der Waals surface area contributed by atoms with Gasteiger partial charge in [0.25, 0.3) is 0 Å². The molecule has 0 aromatic carbocycles. The molecule has 0 saturated carbocycles. The molecule has 1 aromatic rings. The van der Waals surface area contributed by atoms with Gasteiger partial charge in [-0.25, -0.2) is 0 Å². The molecule has 0 fully saturated rings. The first kappa shape index (κ1) is 15.0. The lowest BCUT2D eigenvalue weighted by atomic mass is 10.2. The monoisotopic (exact) mass is 272 g/mol. The number of nitrogens with zero attached hydrogens (tertiary/aromatic N) is 3. The summed E-state index contributed by atoms with van der Waals surface area (Å²) in [6.45, 7) is 8.80. The van der Waals surface area contributed by atoms with E-state index in [1.165, 1.54) is 11.5 Å². The third-order valence-corrected chi connectivity index (χ3v) is 3.59. The molecule has 1 rings (SSSR count). The first-order chi connectivity index (χ1) is 8.51. The summed E-state index contributed by atoms with van der Waals surface area (Å²) in [5.74, 6) is 1.22. The minimum Gasteiger partial charge on any atom is -0.487 e. The Balaban J connectivity index is 2.94. The zero-order valence-corrected chi connectivity index (χ0v) is 12.8. The van der Waals surface area contributed by atoms with Gasteiger partial charge in [-0.05, 0) is 46.4 Å². The lowest BCUT2D eigenvalue weighted by Crippen LogP contribution is -2.39. The van der Waals surface area contributed by atoms with Gasteiger partial charge in [0, 0.05) is 19.1 Å². The lowest BCUT2D eigenvalue weighted by molar-refractivity contribution is 0.339. The standard InChI is InChI=1S/C12H24N4OS/c1-6-16(9(3)8-15(4)5)12-10(17-7-2)11(13)14-18-12/h9H,6-8H2,1-5H3,(H2,13,14). The molecule has 0 aliphatic carbocycles. The van der Waals surface area contributed by atoms with E-state index in [9.17, 15) is 0 Å². The average Bonchev–Trinajstić information content (AvgIpc) is 2.62. The van der Waals surface area contributed by atoms with Gasteiger partial charge in [-0.3, -0.25) is 0 Å². The number of hydrogen-bond acceptors (Lipinski definition) is 6. The molecule has 0 amide bonds.